The van der Waals surface area contributed by atoms with Gasteiger partial charge in [0.25, 0.3) is 5.91 Å². The highest BCUT2D eigenvalue weighted by Gasteiger charge is 2.16. The molecule has 0 aromatic carbocycles. The van der Waals surface area contributed by atoms with Gasteiger partial charge in [-0.05, 0) is 30.5 Å². The van der Waals surface area contributed by atoms with Crippen LogP contribution in [0.2, 0.25) is 0 Å². The van der Waals surface area contributed by atoms with Crippen molar-refractivity contribution in [2.45, 2.75) is 13.5 Å². The number of nitrogens with zero attached hydrogens (tertiary/aromatic N) is 2. The van der Waals surface area contributed by atoms with Gasteiger partial charge in [0, 0.05) is 29.4 Å². The van der Waals surface area contributed by atoms with E-state index in [9.17, 15) is 9.59 Å². The van der Waals surface area contributed by atoms with Crippen molar-refractivity contribution in [1.82, 2.24) is 15.2 Å². The molecule has 2 rings (SSSR count). The smallest absolute Gasteiger partial charge is 0.254 e. The van der Waals surface area contributed by atoms with Crippen molar-refractivity contribution < 1.29 is 9.59 Å². The minimum atomic E-state index is -0.161. The fraction of sp³-hybridized carbons (Fsp3) is 0.267. The molecule has 0 aliphatic heterocycles. The third kappa shape index (κ3) is 4.39. The Morgan fingerprint density at radius 1 is 1.29 bits per heavy atom. The fourth-order valence-corrected chi connectivity index (χ4v) is 2.48. The molecule has 110 valence electrons. The first-order valence-electron chi connectivity index (χ1n) is 6.69. The number of rotatable bonds is 6. The quantitative estimate of drug-likeness (QED) is 0.887. The third-order valence-corrected chi connectivity index (χ3v) is 3.85. The van der Waals surface area contributed by atoms with Gasteiger partial charge in [0.2, 0.25) is 5.91 Å². The highest BCUT2D eigenvalue weighted by molar-refractivity contribution is 7.09. The van der Waals surface area contributed by atoms with E-state index in [1.165, 1.54) is 4.90 Å². The number of likely N-dealkylation sites (N-methyl/N-ethyl adjacent to an activating group) is 1. The fourth-order valence-electron chi connectivity index (χ4n) is 1.83. The van der Waals surface area contributed by atoms with Gasteiger partial charge in [0.15, 0.2) is 0 Å². The Morgan fingerprint density at radius 3 is 2.67 bits per heavy atom. The van der Waals surface area contributed by atoms with Gasteiger partial charge in [0.05, 0.1) is 13.1 Å². The lowest BCUT2D eigenvalue weighted by atomic mass is 10.2. The van der Waals surface area contributed by atoms with Gasteiger partial charge < -0.3 is 10.2 Å². The molecule has 0 saturated heterocycles. The minimum absolute atomic E-state index is 0.0586. The number of carbonyl (C=O) groups is 2. The number of hydrogen-bond acceptors (Lipinski definition) is 4. The predicted molar refractivity (Wildman–Crippen MR) is 82.0 cm³/mol. The largest absolute Gasteiger partial charge is 0.350 e. The van der Waals surface area contributed by atoms with Crippen LogP contribution in [0.3, 0.4) is 0 Å². The summed E-state index contributed by atoms with van der Waals surface area (Å²) < 4.78 is 0. The summed E-state index contributed by atoms with van der Waals surface area (Å²) >= 11 is 1.59. The van der Waals surface area contributed by atoms with E-state index in [1.807, 2.05) is 24.4 Å². The van der Waals surface area contributed by atoms with E-state index < -0.39 is 0 Å². The van der Waals surface area contributed by atoms with Crippen molar-refractivity contribution in [2.75, 3.05) is 13.1 Å². The summed E-state index contributed by atoms with van der Waals surface area (Å²) in [6, 6.07) is 7.20. The third-order valence-electron chi connectivity index (χ3n) is 2.97. The van der Waals surface area contributed by atoms with Gasteiger partial charge in [0.1, 0.15) is 0 Å². The molecular formula is C15H17N3O2S. The van der Waals surface area contributed by atoms with Crippen molar-refractivity contribution in [1.29, 1.82) is 0 Å². The predicted octanol–water partition coefficient (Wildman–Crippen LogP) is 1.92. The first-order chi connectivity index (χ1) is 10.2. The van der Waals surface area contributed by atoms with Crippen molar-refractivity contribution in [3.05, 3.63) is 52.5 Å². The number of hydrogen-bond donors (Lipinski definition) is 1. The Kier molecular flexibility index (Phi) is 5.45. The van der Waals surface area contributed by atoms with Crippen LogP contribution in [0, 0.1) is 0 Å². The SMILES string of the molecule is CCN(CC(=O)NCc1cccs1)C(=O)c1ccncc1. The molecule has 0 saturated carbocycles. The van der Waals surface area contributed by atoms with Crippen molar-refractivity contribution >= 4 is 23.2 Å². The van der Waals surface area contributed by atoms with Crippen molar-refractivity contribution in [3.63, 3.8) is 0 Å². The first kappa shape index (κ1) is 15.2. The molecule has 0 atom stereocenters. The number of aromatic nitrogens is 1. The normalized spacial score (nSPS) is 10.1. The molecule has 21 heavy (non-hydrogen) atoms. The van der Waals surface area contributed by atoms with Crippen LogP contribution in [0.15, 0.2) is 42.0 Å². The van der Waals surface area contributed by atoms with Crippen molar-refractivity contribution in [2.24, 2.45) is 0 Å². The standard InChI is InChI=1S/C15H17N3O2S/c1-2-18(15(20)12-5-7-16-8-6-12)11-14(19)17-10-13-4-3-9-21-13/h3-9H,2,10-11H2,1H3,(H,17,19). The molecule has 0 aliphatic rings. The Morgan fingerprint density at radius 2 is 2.05 bits per heavy atom. The maximum Gasteiger partial charge on any atom is 0.254 e. The lowest BCUT2D eigenvalue weighted by Crippen LogP contribution is -2.40. The zero-order chi connectivity index (χ0) is 15.1. The van der Waals surface area contributed by atoms with E-state index in [1.54, 1.807) is 35.9 Å². The van der Waals surface area contributed by atoms with Gasteiger partial charge in [-0.15, -0.1) is 11.3 Å². The molecule has 0 spiro atoms. The Balaban J connectivity index is 1.89. The average Bonchev–Trinajstić information content (AvgIpc) is 3.04. The van der Waals surface area contributed by atoms with Gasteiger partial charge in [-0.25, -0.2) is 0 Å². The Labute approximate surface area is 127 Å². The van der Waals surface area contributed by atoms with Gasteiger partial charge in [-0.3, -0.25) is 14.6 Å². The highest BCUT2D eigenvalue weighted by Crippen LogP contribution is 2.07. The number of nitrogens with one attached hydrogen (secondary N) is 1. The number of carbonyl (C=O) groups excluding carboxylic acids is 2. The highest BCUT2D eigenvalue weighted by atomic mass is 32.1. The average molecular weight is 303 g/mol. The van der Waals surface area contributed by atoms with Gasteiger partial charge >= 0.3 is 0 Å². The summed E-state index contributed by atoms with van der Waals surface area (Å²) in [5.41, 5.74) is 0.540. The molecule has 6 heteroatoms. The summed E-state index contributed by atoms with van der Waals surface area (Å²) in [5, 5.41) is 4.79. The summed E-state index contributed by atoms with van der Waals surface area (Å²) in [6.45, 7) is 2.89. The topological polar surface area (TPSA) is 62.3 Å². The Bertz CT molecular complexity index is 584. The summed E-state index contributed by atoms with van der Waals surface area (Å²) in [5.74, 6) is -0.321. The first-order valence-corrected chi connectivity index (χ1v) is 7.57. The van der Waals surface area contributed by atoms with E-state index in [2.05, 4.69) is 10.3 Å². The summed E-state index contributed by atoms with van der Waals surface area (Å²) in [6.07, 6.45) is 3.13. The monoisotopic (exact) mass is 303 g/mol. The maximum atomic E-state index is 12.3. The van der Waals surface area contributed by atoms with Crippen molar-refractivity contribution in [3.8, 4) is 0 Å². The van der Waals surface area contributed by atoms with E-state index in [-0.39, 0.29) is 18.4 Å². The molecule has 0 aliphatic carbocycles. The summed E-state index contributed by atoms with van der Waals surface area (Å²) in [7, 11) is 0. The maximum absolute atomic E-state index is 12.3. The lowest BCUT2D eigenvalue weighted by Gasteiger charge is -2.20. The van der Waals surface area contributed by atoms with Crippen LogP contribution in [0.5, 0.6) is 0 Å². The minimum Gasteiger partial charge on any atom is -0.350 e. The number of pyridine rings is 1. The molecule has 1 N–H and O–H groups in total. The number of thiophene rings is 1. The molecule has 5 nitrogen and oxygen atoms in total. The second-order valence-corrected chi connectivity index (χ2v) is 5.44. The molecule has 0 bridgehead atoms. The molecule has 2 aromatic rings. The molecule has 2 heterocycles. The van der Waals surface area contributed by atoms with E-state index in [0.29, 0.717) is 18.7 Å². The van der Waals surface area contributed by atoms with Gasteiger partial charge in [-0.2, -0.15) is 0 Å². The molecule has 0 unspecified atom stereocenters. The zero-order valence-corrected chi connectivity index (χ0v) is 12.6. The van der Waals surface area contributed by atoms with Crippen LogP contribution in [0.25, 0.3) is 0 Å². The van der Waals surface area contributed by atoms with Gasteiger partial charge in [-0.1, -0.05) is 6.07 Å². The molecule has 2 amide bonds. The van der Waals surface area contributed by atoms with E-state index >= 15 is 0 Å². The molecule has 0 fully saturated rings. The second kappa shape index (κ2) is 7.54. The molecule has 0 radical (unpaired) electrons. The summed E-state index contributed by atoms with van der Waals surface area (Å²) in [4.78, 5) is 30.7. The van der Waals surface area contributed by atoms with Crippen LogP contribution in [-0.2, 0) is 11.3 Å². The second-order valence-electron chi connectivity index (χ2n) is 4.41. The zero-order valence-electron chi connectivity index (χ0n) is 11.8. The molecular weight excluding hydrogens is 286 g/mol. The van der Waals surface area contributed by atoms with Crippen LogP contribution in [0.4, 0.5) is 0 Å². The lowest BCUT2D eigenvalue weighted by molar-refractivity contribution is -0.121. The van der Waals surface area contributed by atoms with E-state index in [0.717, 1.165) is 4.88 Å². The molecule has 2 aromatic heterocycles. The van der Waals surface area contributed by atoms with Crippen LogP contribution in [-0.4, -0.2) is 34.8 Å². The number of amides is 2. The van der Waals surface area contributed by atoms with Crippen LogP contribution >= 0.6 is 11.3 Å². The van der Waals surface area contributed by atoms with Crippen LogP contribution < -0.4 is 5.32 Å². The van der Waals surface area contributed by atoms with E-state index in [4.69, 9.17) is 0 Å². The van der Waals surface area contributed by atoms with Crippen LogP contribution in [0.1, 0.15) is 22.2 Å². The Hall–Kier alpha value is -2.21.